The van der Waals surface area contributed by atoms with E-state index in [4.69, 9.17) is 4.74 Å². The molecule has 1 aliphatic heterocycles. The highest BCUT2D eigenvalue weighted by atomic mass is 16.5. The first kappa shape index (κ1) is 12.3. The van der Waals surface area contributed by atoms with E-state index in [0.29, 0.717) is 5.92 Å². The molecule has 2 heterocycles. The highest BCUT2D eigenvalue weighted by Crippen LogP contribution is 2.37. The first-order valence-corrected chi connectivity index (χ1v) is 7.37. The lowest BCUT2D eigenvalue weighted by Gasteiger charge is -2.32. The lowest BCUT2D eigenvalue weighted by Crippen LogP contribution is -2.28. The van der Waals surface area contributed by atoms with Gasteiger partial charge in [-0.05, 0) is 30.3 Å². The Labute approximate surface area is 123 Å². The third-order valence-corrected chi connectivity index (χ3v) is 4.20. The van der Waals surface area contributed by atoms with E-state index in [2.05, 4.69) is 53.6 Å². The van der Waals surface area contributed by atoms with Crippen LogP contribution in [0.5, 0.6) is 5.75 Å². The molecule has 106 valence electrons. The molecule has 4 rings (SSSR count). The molecule has 0 spiro atoms. The molecular weight excluding hydrogens is 260 g/mol. The lowest BCUT2D eigenvalue weighted by molar-refractivity contribution is 0.214. The van der Waals surface area contributed by atoms with Crippen LogP contribution in [0.4, 0.5) is 5.69 Å². The van der Waals surface area contributed by atoms with Gasteiger partial charge < -0.3 is 15.0 Å². The van der Waals surface area contributed by atoms with Gasteiger partial charge in [0, 0.05) is 34.3 Å². The summed E-state index contributed by atoms with van der Waals surface area (Å²) in [5.74, 6) is 1.43. The Balaban J connectivity index is 1.69. The van der Waals surface area contributed by atoms with Gasteiger partial charge in [0.15, 0.2) is 0 Å². The van der Waals surface area contributed by atoms with Crippen LogP contribution in [0.15, 0.2) is 54.7 Å². The molecule has 3 nitrogen and oxygen atoms in total. The Kier molecular flexibility index (Phi) is 2.85. The highest BCUT2D eigenvalue weighted by molar-refractivity contribution is 5.83. The van der Waals surface area contributed by atoms with Gasteiger partial charge in [0.05, 0.1) is 12.6 Å². The van der Waals surface area contributed by atoms with E-state index in [1.54, 1.807) is 0 Å². The van der Waals surface area contributed by atoms with Crippen molar-refractivity contribution in [2.75, 3.05) is 11.9 Å². The zero-order valence-corrected chi connectivity index (χ0v) is 12.0. The molecule has 0 saturated heterocycles. The van der Waals surface area contributed by atoms with Gasteiger partial charge in [-0.2, -0.15) is 0 Å². The van der Waals surface area contributed by atoms with Gasteiger partial charge in [0.1, 0.15) is 5.75 Å². The van der Waals surface area contributed by atoms with Crippen molar-refractivity contribution in [2.24, 2.45) is 5.92 Å². The fraction of sp³-hybridized carbons (Fsp3) is 0.222. The summed E-state index contributed by atoms with van der Waals surface area (Å²) in [6.45, 7) is 2.98. The van der Waals surface area contributed by atoms with Crippen molar-refractivity contribution < 1.29 is 4.74 Å². The normalized spacial score (nSPS) is 20.8. The number of aromatic nitrogens is 1. The van der Waals surface area contributed by atoms with E-state index >= 15 is 0 Å². The van der Waals surface area contributed by atoms with Crippen LogP contribution < -0.4 is 10.1 Å². The zero-order valence-electron chi connectivity index (χ0n) is 12.0. The van der Waals surface area contributed by atoms with Crippen LogP contribution in [0.25, 0.3) is 10.9 Å². The second-order valence-electron chi connectivity index (χ2n) is 5.73. The number of hydrogen-bond acceptors (Lipinski definition) is 2. The molecule has 2 aromatic carbocycles. The molecule has 0 amide bonds. The lowest BCUT2D eigenvalue weighted by atomic mass is 9.92. The molecule has 3 heteroatoms. The summed E-state index contributed by atoms with van der Waals surface area (Å²) in [4.78, 5) is 3.23. The van der Waals surface area contributed by atoms with Crippen LogP contribution in [0.3, 0.4) is 0 Å². The highest BCUT2D eigenvalue weighted by Gasteiger charge is 2.27. The third kappa shape index (κ3) is 2.15. The number of nitrogens with one attached hydrogen (secondary N) is 2. The molecule has 0 fully saturated rings. The van der Waals surface area contributed by atoms with Gasteiger partial charge in [-0.15, -0.1) is 0 Å². The van der Waals surface area contributed by atoms with Crippen LogP contribution in [0.2, 0.25) is 0 Å². The second-order valence-corrected chi connectivity index (χ2v) is 5.73. The van der Waals surface area contributed by atoms with Crippen molar-refractivity contribution in [3.8, 4) is 5.75 Å². The SMILES string of the molecule is CC1COc2ccccc2C1Nc1ccc2[nH]ccc2c1. The smallest absolute Gasteiger partial charge is 0.124 e. The molecule has 3 aromatic rings. The number of anilines is 1. The van der Waals surface area contributed by atoms with Crippen LogP contribution in [-0.4, -0.2) is 11.6 Å². The molecule has 1 aliphatic rings. The van der Waals surface area contributed by atoms with Crippen molar-refractivity contribution in [1.82, 2.24) is 4.98 Å². The second kappa shape index (κ2) is 4.85. The summed E-state index contributed by atoms with van der Waals surface area (Å²) in [6.07, 6.45) is 1.97. The number of ether oxygens (including phenoxy) is 1. The monoisotopic (exact) mass is 278 g/mol. The number of H-pyrrole nitrogens is 1. The van der Waals surface area contributed by atoms with Crippen molar-refractivity contribution >= 4 is 16.6 Å². The molecule has 0 bridgehead atoms. The first-order chi connectivity index (χ1) is 10.3. The van der Waals surface area contributed by atoms with E-state index in [1.807, 2.05) is 18.3 Å². The molecule has 0 saturated carbocycles. The number of fused-ring (bicyclic) bond motifs is 2. The molecule has 0 aliphatic carbocycles. The maximum atomic E-state index is 5.82. The van der Waals surface area contributed by atoms with Gasteiger partial charge in [-0.1, -0.05) is 25.1 Å². The summed E-state index contributed by atoms with van der Waals surface area (Å²) < 4.78 is 5.82. The van der Waals surface area contributed by atoms with Crippen LogP contribution in [0.1, 0.15) is 18.5 Å². The Morgan fingerprint density at radius 1 is 1.14 bits per heavy atom. The maximum absolute atomic E-state index is 5.82. The topological polar surface area (TPSA) is 37.0 Å². The maximum Gasteiger partial charge on any atom is 0.124 e. The zero-order chi connectivity index (χ0) is 14.2. The fourth-order valence-electron chi connectivity index (χ4n) is 3.04. The van der Waals surface area contributed by atoms with Crippen LogP contribution in [0, 0.1) is 5.92 Å². The Bertz CT molecular complexity index is 777. The number of para-hydroxylation sites is 1. The van der Waals surface area contributed by atoms with E-state index in [1.165, 1.54) is 16.5 Å². The fourth-order valence-corrected chi connectivity index (χ4v) is 3.04. The molecule has 2 unspecified atom stereocenters. The van der Waals surface area contributed by atoms with E-state index in [0.717, 1.165) is 18.0 Å². The van der Waals surface area contributed by atoms with E-state index < -0.39 is 0 Å². The minimum absolute atomic E-state index is 0.284. The minimum Gasteiger partial charge on any atom is -0.493 e. The number of aromatic amines is 1. The average Bonchev–Trinajstić information content (AvgIpc) is 2.98. The predicted octanol–water partition coefficient (Wildman–Crippen LogP) is 4.35. The largest absolute Gasteiger partial charge is 0.493 e. The van der Waals surface area contributed by atoms with Crippen molar-refractivity contribution in [3.05, 3.63) is 60.3 Å². The van der Waals surface area contributed by atoms with Gasteiger partial charge in [-0.3, -0.25) is 0 Å². The summed E-state index contributed by atoms with van der Waals surface area (Å²) in [6, 6.07) is 17.1. The number of rotatable bonds is 2. The molecular formula is C18H18N2O. The molecule has 2 atom stereocenters. The third-order valence-electron chi connectivity index (χ3n) is 4.20. The molecule has 2 N–H and O–H groups in total. The molecule has 0 radical (unpaired) electrons. The molecule has 21 heavy (non-hydrogen) atoms. The van der Waals surface area contributed by atoms with E-state index in [9.17, 15) is 0 Å². The van der Waals surface area contributed by atoms with Crippen LogP contribution in [-0.2, 0) is 0 Å². The first-order valence-electron chi connectivity index (χ1n) is 7.37. The van der Waals surface area contributed by atoms with Gasteiger partial charge in [0.2, 0.25) is 0 Å². The minimum atomic E-state index is 0.284. The number of benzene rings is 2. The Hall–Kier alpha value is -2.42. The summed E-state index contributed by atoms with van der Waals surface area (Å²) in [5.41, 5.74) is 3.56. The van der Waals surface area contributed by atoms with Crippen LogP contribution >= 0.6 is 0 Å². The molecule has 1 aromatic heterocycles. The van der Waals surface area contributed by atoms with Gasteiger partial charge >= 0.3 is 0 Å². The number of hydrogen-bond donors (Lipinski definition) is 2. The predicted molar refractivity (Wildman–Crippen MR) is 85.8 cm³/mol. The van der Waals surface area contributed by atoms with E-state index in [-0.39, 0.29) is 6.04 Å². The Morgan fingerprint density at radius 2 is 2.05 bits per heavy atom. The summed E-state index contributed by atoms with van der Waals surface area (Å²) in [5, 5.41) is 4.90. The van der Waals surface area contributed by atoms with Crippen molar-refractivity contribution in [1.29, 1.82) is 0 Å². The van der Waals surface area contributed by atoms with Crippen molar-refractivity contribution in [2.45, 2.75) is 13.0 Å². The quantitative estimate of drug-likeness (QED) is 0.731. The van der Waals surface area contributed by atoms with Crippen molar-refractivity contribution in [3.63, 3.8) is 0 Å². The summed E-state index contributed by atoms with van der Waals surface area (Å²) >= 11 is 0. The van der Waals surface area contributed by atoms with Gasteiger partial charge in [0.25, 0.3) is 0 Å². The standard InChI is InChI=1S/C18H18N2O/c1-12-11-21-17-5-3-2-4-15(17)18(12)20-14-6-7-16-13(10-14)8-9-19-16/h2-10,12,18-20H,11H2,1H3. The summed E-state index contributed by atoms with van der Waals surface area (Å²) in [7, 11) is 0. The van der Waals surface area contributed by atoms with Gasteiger partial charge in [-0.25, -0.2) is 0 Å². The average molecular weight is 278 g/mol. The Morgan fingerprint density at radius 3 is 3.00 bits per heavy atom.